The molecule has 2 atom stereocenters. The van der Waals surface area contributed by atoms with Crippen LogP contribution in [0.3, 0.4) is 0 Å². The van der Waals surface area contributed by atoms with E-state index in [2.05, 4.69) is 16.8 Å². The molecule has 1 fully saturated rings. The minimum absolute atomic E-state index is 0.123. The lowest BCUT2D eigenvalue weighted by Gasteiger charge is -2.38. The minimum Gasteiger partial charge on any atom is -0.368 e. The van der Waals surface area contributed by atoms with E-state index in [4.69, 9.17) is 5.73 Å². The standard InChI is InChI=1S/C15H18N4O2/c1-10-8-11(16)5-7-18(10)14-2-3-15(19(20)21)12-4-6-17-9-13(12)14/h2-4,6,9-11H,5,7-8,16H2,1H3. The number of non-ortho nitro benzene ring substituents is 1. The van der Waals surface area contributed by atoms with Gasteiger partial charge < -0.3 is 10.6 Å². The molecule has 110 valence electrons. The summed E-state index contributed by atoms with van der Waals surface area (Å²) in [6.07, 6.45) is 5.16. The summed E-state index contributed by atoms with van der Waals surface area (Å²) in [5.74, 6) is 0. The molecule has 2 heterocycles. The van der Waals surface area contributed by atoms with Gasteiger partial charge in [0.05, 0.1) is 10.3 Å². The van der Waals surface area contributed by atoms with Gasteiger partial charge >= 0.3 is 0 Å². The fourth-order valence-electron chi connectivity index (χ4n) is 3.14. The molecule has 0 radical (unpaired) electrons. The van der Waals surface area contributed by atoms with E-state index >= 15 is 0 Å². The van der Waals surface area contributed by atoms with Crippen molar-refractivity contribution in [3.05, 3.63) is 40.7 Å². The van der Waals surface area contributed by atoms with Crippen LogP contribution in [0.25, 0.3) is 10.8 Å². The number of nitro benzene ring substituents is 1. The summed E-state index contributed by atoms with van der Waals surface area (Å²) in [5.41, 5.74) is 7.14. The first-order chi connectivity index (χ1) is 10.1. The number of rotatable bonds is 2. The molecule has 6 heteroatoms. The number of benzene rings is 1. The molecule has 0 bridgehead atoms. The van der Waals surface area contributed by atoms with Crippen LogP contribution >= 0.6 is 0 Å². The van der Waals surface area contributed by atoms with Crippen LogP contribution < -0.4 is 10.6 Å². The zero-order valence-corrected chi connectivity index (χ0v) is 11.9. The predicted molar refractivity (Wildman–Crippen MR) is 82.4 cm³/mol. The Morgan fingerprint density at radius 1 is 1.38 bits per heavy atom. The fourth-order valence-corrected chi connectivity index (χ4v) is 3.14. The van der Waals surface area contributed by atoms with Crippen LogP contribution in [0, 0.1) is 10.1 Å². The van der Waals surface area contributed by atoms with Gasteiger partial charge in [-0.05, 0) is 31.9 Å². The van der Waals surface area contributed by atoms with Crippen LogP contribution in [-0.2, 0) is 0 Å². The van der Waals surface area contributed by atoms with Gasteiger partial charge in [0.15, 0.2) is 0 Å². The molecule has 1 saturated heterocycles. The lowest BCUT2D eigenvalue weighted by atomic mass is 9.97. The smallest absolute Gasteiger partial charge is 0.277 e. The van der Waals surface area contributed by atoms with Crippen molar-refractivity contribution in [2.24, 2.45) is 5.73 Å². The maximum Gasteiger partial charge on any atom is 0.277 e. The van der Waals surface area contributed by atoms with Crippen molar-refractivity contribution < 1.29 is 4.92 Å². The van der Waals surface area contributed by atoms with E-state index in [1.165, 1.54) is 0 Å². The number of aromatic nitrogens is 1. The average molecular weight is 286 g/mol. The second kappa shape index (κ2) is 5.29. The molecule has 1 aliphatic heterocycles. The topological polar surface area (TPSA) is 85.3 Å². The van der Waals surface area contributed by atoms with Crippen molar-refractivity contribution in [1.82, 2.24) is 4.98 Å². The highest BCUT2D eigenvalue weighted by atomic mass is 16.6. The van der Waals surface area contributed by atoms with Crippen LogP contribution in [0.5, 0.6) is 0 Å². The van der Waals surface area contributed by atoms with Gasteiger partial charge in [0, 0.05) is 48.2 Å². The number of nitrogens with two attached hydrogens (primary N) is 1. The summed E-state index contributed by atoms with van der Waals surface area (Å²) >= 11 is 0. The van der Waals surface area contributed by atoms with Gasteiger partial charge in [-0.25, -0.2) is 0 Å². The minimum atomic E-state index is -0.346. The number of hydrogen-bond acceptors (Lipinski definition) is 5. The molecule has 3 rings (SSSR count). The van der Waals surface area contributed by atoms with Gasteiger partial charge in [-0.1, -0.05) is 0 Å². The summed E-state index contributed by atoms with van der Waals surface area (Å²) in [6.45, 7) is 3.01. The van der Waals surface area contributed by atoms with Crippen LogP contribution in [0.2, 0.25) is 0 Å². The first-order valence-electron chi connectivity index (χ1n) is 7.11. The average Bonchev–Trinajstić information content (AvgIpc) is 2.46. The van der Waals surface area contributed by atoms with E-state index in [1.54, 1.807) is 24.5 Å². The maximum atomic E-state index is 11.2. The van der Waals surface area contributed by atoms with Gasteiger partial charge in [0.1, 0.15) is 0 Å². The summed E-state index contributed by atoms with van der Waals surface area (Å²) in [7, 11) is 0. The summed E-state index contributed by atoms with van der Waals surface area (Å²) in [4.78, 5) is 17.2. The lowest BCUT2D eigenvalue weighted by Crippen LogP contribution is -2.45. The zero-order valence-electron chi connectivity index (χ0n) is 11.9. The molecule has 21 heavy (non-hydrogen) atoms. The molecular weight excluding hydrogens is 268 g/mol. The third kappa shape index (κ3) is 2.42. The third-order valence-electron chi connectivity index (χ3n) is 4.19. The van der Waals surface area contributed by atoms with Gasteiger partial charge in [-0.2, -0.15) is 0 Å². The molecule has 2 aromatic rings. The van der Waals surface area contributed by atoms with E-state index in [9.17, 15) is 10.1 Å². The second-order valence-electron chi connectivity index (χ2n) is 5.61. The van der Waals surface area contributed by atoms with Crippen LogP contribution in [0.1, 0.15) is 19.8 Å². The van der Waals surface area contributed by atoms with E-state index < -0.39 is 0 Å². The lowest BCUT2D eigenvalue weighted by molar-refractivity contribution is -0.383. The molecule has 6 nitrogen and oxygen atoms in total. The number of anilines is 1. The SMILES string of the molecule is CC1CC(N)CCN1c1ccc([N+](=O)[O-])c2ccncc12. The normalized spacial score (nSPS) is 22.5. The van der Waals surface area contributed by atoms with Crippen molar-refractivity contribution in [3.8, 4) is 0 Å². The Balaban J connectivity index is 2.12. The van der Waals surface area contributed by atoms with Gasteiger partial charge in [0.2, 0.25) is 0 Å². The molecule has 2 unspecified atom stereocenters. The van der Waals surface area contributed by atoms with E-state index in [1.807, 2.05) is 6.07 Å². The zero-order chi connectivity index (χ0) is 15.0. The third-order valence-corrected chi connectivity index (χ3v) is 4.19. The maximum absolute atomic E-state index is 11.2. The van der Waals surface area contributed by atoms with Crippen molar-refractivity contribution in [1.29, 1.82) is 0 Å². The highest BCUT2D eigenvalue weighted by molar-refractivity contribution is 5.99. The molecule has 1 aromatic carbocycles. The summed E-state index contributed by atoms with van der Waals surface area (Å²) in [5, 5.41) is 12.6. The predicted octanol–water partition coefficient (Wildman–Crippen LogP) is 2.46. The first kappa shape index (κ1) is 13.8. The summed E-state index contributed by atoms with van der Waals surface area (Å²) in [6, 6.07) is 5.67. The van der Waals surface area contributed by atoms with Gasteiger partial charge in [-0.3, -0.25) is 15.1 Å². The molecule has 0 amide bonds. The van der Waals surface area contributed by atoms with Gasteiger partial charge in [-0.15, -0.1) is 0 Å². The Kier molecular flexibility index (Phi) is 3.47. The number of hydrogen-bond donors (Lipinski definition) is 1. The molecule has 1 aromatic heterocycles. The van der Waals surface area contributed by atoms with Crippen molar-refractivity contribution in [3.63, 3.8) is 0 Å². The van der Waals surface area contributed by atoms with Crippen molar-refractivity contribution in [2.45, 2.75) is 31.8 Å². The Morgan fingerprint density at radius 2 is 2.19 bits per heavy atom. The fraction of sp³-hybridized carbons (Fsp3) is 0.400. The Bertz CT molecular complexity index is 688. The number of pyridine rings is 1. The molecule has 1 aliphatic rings. The number of piperidine rings is 1. The largest absolute Gasteiger partial charge is 0.368 e. The highest BCUT2D eigenvalue weighted by Crippen LogP contribution is 2.35. The van der Waals surface area contributed by atoms with Crippen molar-refractivity contribution >= 4 is 22.1 Å². The monoisotopic (exact) mass is 286 g/mol. The molecule has 2 N–H and O–H groups in total. The highest BCUT2D eigenvalue weighted by Gasteiger charge is 2.26. The van der Waals surface area contributed by atoms with Crippen LogP contribution in [0.15, 0.2) is 30.6 Å². The molecular formula is C15H18N4O2. The Labute approximate surface area is 122 Å². The van der Waals surface area contributed by atoms with E-state index in [0.29, 0.717) is 11.4 Å². The van der Waals surface area contributed by atoms with E-state index in [0.717, 1.165) is 30.5 Å². The van der Waals surface area contributed by atoms with Crippen molar-refractivity contribution in [2.75, 3.05) is 11.4 Å². The number of nitro groups is 1. The first-order valence-corrected chi connectivity index (χ1v) is 7.11. The molecule has 0 saturated carbocycles. The Morgan fingerprint density at radius 3 is 2.90 bits per heavy atom. The second-order valence-corrected chi connectivity index (χ2v) is 5.61. The quantitative estimate of drug-likeness (QED) is 0.677. The Hall–Kier alpha value is -2.21. The van der Waals surface area contributed by atoms with Gasteiger partial charge in [0.25, 0.3) is 5.69 Å². The number of nitrogens with zero attached hydrogens (tertiary/aromatic N) is 3. The summed E-state index contributed by atoms with van der Waals surface area (Å²) < 4.78 is 0. The number of fused-ring (bicyclic) bond motifs is 1. The molecule has 0 aliphatic carbocycles. The van der Waals surface area contributed by atoms with Crippen LogP contribution in [-0.4, -0.2) is 28.5 Å². The van der Waals surface area contributed by atoms with E-state index in [-0.39, 0.29) is 16.7 Å². The van der Waals surface area contributed by atoms with Crippen LogP contribution in [0.4, 0.5) is 11.4 Å². The molecule has 0 spiro atoms.